The number of alkyl halides is 3. The predicted molar refractivity (Wildman–Crippen MR) is 74.8 cm³/mol. The number of carbonyl (C=O) groups is 1. The minimum absolute atomic E-state index is 0.114. The van der Waals surface area contributed by atoms with Crippen molar-refractivity contribution in [1.82, 2.24) is 10.4 Å². The monoisotopic (exact) mass is 334 g/mol. The summed E-state index contributed by atoms with van der Waals surface area (Å²) in [5.74, 6) is -0.682. The van der Waals surface area contributed by atoms with Crippen LogP contribution in [0.2, 0.25) is 5.02 Å². The minimum atomic E-state index is -4.40. The standard InChI is InChI=1S/C14H14ClF3N2O2/c1-2-22-12(21)13(10-3-5-11(15)6-4-10)7-8-20(19-13)9-14(16,17)18/h3-8,19H,2,9H2,1H3/t13-/m0/s1. The number of benzene rings is 1. The molecule has 1 aromatic carbocycles. The van der Waals surface area contributed by atoms with Crippen LogP contribution in [0.15, 0.2) is 36.5 Å². The molecule has 1 N–H and O–H groups in total. The lowest BCUT2D eigenvalue weighted by atomic mass is 9.91. The third-order valence-corrected chi connectivity index (χ3v) is 3.32. The number of rotatable bonds is 4. The number of ether oxygens (including phenoxy) is 1. The second-order valence-corrected chi connectivity index (χ2v) is 5.14. The molecule has 0 saturated carbocycles. The maximum Gasteiger partial charge on any atom is 0.407 e. The van der Waals surface area contributed by atoms with Crippen molar-refractivity contribution in [2.24, 2.45) is 0 Å². The lowest BCUT2D eigenvalue weighted by molar-refractivity contribution is -0.158. The summed E-state index contributed by atoms with van der Waals surface area (Å²) in [5.41, 5.74) is 1.51. The topological polar surface area (TPSA) is 41.6 Å². The molecule has 0 saturated heterocycles. The molecule has 22 heavy (non-hydrogen) atoms. The molecule has 0 bridgehead atoms. The number of hydrogen-bond acceptors (Lipinski definition) is 4. The molecule has 0 fully saturated rings. The number of esters is 1. The molecule has 0 aliphatic carbocycles. The molecule has 1 aliphatic heterocycles. The highest BCUT2D eigenvalue weighted by molar-refractivity contribution is 6.30. The highest BCUT2D eigenvalue weighted by Crippen LogP contribution is 2.31. The molecule has 0 aromatic heterocycles. The fourth-order valence-corrected chi connectivity index (χ4v) is 2.26. The number of nitrogens with one attached hydrogen (secondary N) is 1. The van der Waals surface area contributed by atoms with E-state index in [1.165, 1.54) is 12.3 Å². The Morgan fingerprint density at radius 2 is 2.00 bits per heavy atom. The lowest BCUT2D eigenvalue weighted by Crippen LogP contribution is -2.52. The van der Waals surface area contributed by atoms with Crippen LogP contribution >= 0.6 is 11.6 Å². The van der Waals surface area contributed by atoms with Gasteiger partial charge in [-0.2, -0.15) is 13.2 Å². The zero-order valence-electron chi connectivity index (χ0n) is 11.7. The van der Waals surface area contributed by atoms with Crippen molar-refractivity contribution in [3.05, 3.63) is 47.1 Å². The van der Waals surface area contributed by atoms with E-state index < -0.39 is 24.2 Å². The Hall–Kier alpha value is -1.73. The third kappa shape index (κ3) is 3.53. The predicted octanol–water partition coefficient (Wildman–Crippen LogP) is 2.99. The van der Waals surface area contributed by atoms with E-state index >= 15 is 0 Å². The molecule has 1 heterocycles. The number of hydrazine groups is 1. The maximum absolute atomic E-state index is 12.5. The zero-order valence-corrected chi connectivity index (χ0v) is 12.4. The van der Waals surface area contributed by atoms with Crippen LogP contribution in [0.4, 0.5) is 13.2 Å². The van der Waals surface area contributed by atoms with Crippen molar-refractivity contribution in [1.29, 1.82) is 0 Å². The van der Waals surface area contributed by atoms with E-state index in [9.17, 15) is 18.0 Å². The summed E-state index contributed by atoms with van der Waals surface area (Å²) in [6.07, 6.45) is -1.87. The van der Waals surface area contributed by atoms with Gasteiger partial charge in [0, 0.05) is 11.2 Å². The summed E-state index contributed by atoms with van der Waals surface area (Å²) in [7, 11) is 0. The van der Waals surface area contributed by atoms with E-state index in [0.717, 1.165) is 5.01 Å². The molecular formula is C14H14ClF3N2O2. The highest BCUT2D eigenvalue weighted by Gasteiger charge is 2.45. The summed E-state index contributed by atoms with van der Waals surface area (Å²) >= 11 is 5.81. The van der Waals surface area contributed by atoms with Gasteiger partial charge in [0.1, 0.15) is 6.54 Å². The van der Waals surface area contributed by atoms with E-state index in [2.05, 4.69) is 5.43 Å². The third-order valence-electron chi connectivity index (χ3n) is 3.07. The van der Waals surface area contributed by atoms with Crippen molar-refractivity contribution < 1.29 is 22.7 Å². The van der Waals surface area contributed by atoms with Crippen LogP contribution in [0.1, 0.15) is 12.5 Å². The van der Waals surface area contributed by atoms with Crippen molar-refractivity contribution >= 4 is 17.6 Å². The van der Waals surface area contributed by atoms with Crippen LogP contribution in [-0.4, -0.2) is 30.3 Å². The molecule has 0 amide bonds. The van der Waals surface area contributed by atoms with Crippen LogP contribution < -0.4 is 5.43 Å². The average molecular weight is 335 g/mol. The van der Waals surface area contributed by atoms with Gasteiger partial charge < -0.3 is 9.75 Å². The van der Waals surface area contributed by atoms with Crippen molar-refractivity contribution in [2.45, 2.75) is 18.6 Å². The molecule has 0 radical (unpaired) electrons. The van der Waals surface area contributed by atoms with Crippen molar-refractivity contribution in [3.8, 4) is 0 Å². The minimum Gasteiger partial charge on any atom is -0.464 e. The van der Waals surface area contributed by atoms with Gasteiger partial charge in [0.25, 0.3) is 0 Å². The average Bonchev–Trinajstić information content (AvgIpc) is 2.83. The van der Waals surface area contributed by atoms with Crippen LogP contribution in [0.5, 0.6) is 0 Å². The van der Waals surface area contributed by atoms with Crippen molar-refractivity contribution in [3.63, 3.8) is 0 Å². The highest BCUT2D eigenvalue weighted by atomic mass is 35.5. The number of hydrogen-bond donors (Lipinski definition) is 1. The molecule has 4 nitrogen and oxygen atoms in total. The van der Waals surface area contributed by atoms with Gasteiger partial charge in [0.15, 0.2) is 5.54 Å². The van der Waals surface area contributed by atoms with Gasteiger partial charge >= 0.3 is 12.1 Å². The summed E-state index contributed by atoms with van der Waals surface area (Å²) < 4.78 is 42.5. The number of nitrogens with zero attached hydrogens (tertiary/aromatic N) is 1. The summed E-state index contributed by atoms with van der Waals surface area (Å²) in [4.78, 5) is 12.3. The number of carbonyl (C=O) groups excluding carboxylic acids is 1. The molecule has 8 heteroatoms. The summed E-state index contributed by atoms with van der Waals surface area (Å²) in [6, 6.07) is 6.24. The Morgan fingerprint density at radius 1 is 1.36 bits per heavy atom. The fourth-order valence-electron chi connectivity index (χ4n) is 2.14. The Labute approximate surface area is 130 Å². The molecule has 1 aromatic rings. The molecule has 1 aliphatic rings. The quantitative estimate of drug-likeness (QED) is 0.860. The van der Waals surface area contributed by atoms with Gasteiger partial charge in [-0.3, -0.25) is 0 Å². The van der Waals surface area contributed by atoms with E-state index in [-0.39, 0.29) is 6.61 Å². The Balaban J connectivity index is 2.32. The normalized spacial score (nSPS) is 21.2. The molecule has 1 atom stereocenters. The lowest BCUT2D eigenvalue weighted by Gasteiger charge is -2.30. The second-order valence-electron chi connectivity index (χ2n) is 4.71. The zero-order chi connectivity index (χ0) is 16.4. The maximum atomic E-state index is 12.5. The van der Waals surface area contributed by atoms with Crippen LogP contribution in [0, 0.1) is 0 Å². The summed E-state index contributed by atoms with van der Waals surface area (Å²) in [5, 5.41) is 1.27. The van der Waals surface area contributed by atoms with Gasteiger partial charge in [-0.1, -0.05) is 23.7 Å². The van der Waals surface area contributed by atoms with Crippen molar-refractivity contribution in [2.75, 3.05) is 13.2 Å². The SMILES string of the molecule is CCOC(=O)[C@@]1(c2ccc(Cl)cc2)C=CN(CC(F)(F)F)N1. The van der Waals surface area contributed by atoms with E-state index in [0.29, 0.717) is 10.6 Å². The number of halogens is 4. The molecule has 120 valence electrons. The van der Waals surface area contributed by atoms with Gasteiger partial charge in [-0.15, -0.1) is 0 Å². The Kier molecular flexibility index (Phi) is 4.67. The van der Waals surface area contributed by atoms with Gasteiger partial charge in [-0.05, 0) is 30.7 Å². The first-order valence-electron chi connectivity index (χ1n) is 6.50. The largest absolute Gasteiger partial charge is 0.464 e. The molecule has 0 unspecified atom stereocenters. The van der Waals surface area contributed by atoms with E-state index in [1.807, 2.05) is 0 Å². The fraction of sp³-hybridized carbons (Fsp3) is 0.357. The first kappa shape index (κ1) is 16.6. The van der Waals surface area contributed by atoms with Gasteiger partial charge in [-0.25, -0.2) is 10.2 Å². The Bertz CT molecular complexity index is 574. The van der Waals surface area contributed by atoms with E-state index in [1.54, 1.807) is 31.2 Å². The van der Waals surface area contributed by atoms with Crippen LogP contribution in [0.25, 0.3) is 0 Å². The second kappa shape index (κ2) is 6.18. The molecular weight excluding hydrogens is 321 g/mol. The smallest absolute Gasteiger partial charge is 0.407 e. The molecule has 2 rings (SSSR count). The van der Waals surface area contributed by atoms with E-state index in [4.69, 9.17) is 16.3 Å². The van der Waals surface area contributed by atoms with Crippen LogP contribution in [-0.2, 0) is 15.1 Å². The Morgan fingerprint density at radius 3 is 2.55 bits per heavy atom. The first-order valence-corrected chi connectivity index (χ1v) is 6.88. The first-order chi connectivity index (χ1) is 10.3. The van der Waals surface area contributed by atoms with Gasteiger partial charge in [0.2, 0.25) is 0 Å². The molecule has 0 spiro atoms. The summed E-state index contributed by atoms with van der Waals surface area (Å²) in [6.45, 7) is 0.515. The van der Waals surface area contributed by atoms with Crippen LogP contribution in [0.3, 0.4) is 0 Å². The van der Waals surface area contributed by atoms with Gasteiger partial charge in [0.05, 0.1) is 6.61 Å².